The third-order valence-electron chi connectivity index (χ3n) is 3.29. The maximum Gasteiger partial charge on any atom is 0.0992 e. The van der Waals surface area contributed by atoms with Crippen LogP contribution < -0.4 is 10.6 Å². The van der Waals surface area contributed by atoms with Gasteiger partial charge in [0, 0.05) is 18.1 Å². The van der Waals surface area contributed by atoms with Crippen LogP contribution >= 0.6 is 15.9 Å². The Labute approximate surface area is 127 Å². The first-order chi connectivity index (χ1) is 9.51. The molecule has 0 bridgehead atoms. The van der Waals surface area contributed by atoms with Gasteiger partial charge in [-0.2, -0.15) is 5.26 Å². The molecule has 2 rings (SSSR count). The van der Waals surface area contributed by atoms with Gasteiger partial charge in [-0.3, -0.25) is 0 Å². The van der Waals surface area contributed by atoms with Crippen molar-refractivity contribution in [2.24, 2.45) is 0 Å². The second-order valence-corrected chi connectivity index (χ2v) is 5.73. The molecule has 0 amide bonds. The van der Waals surface area contributed by atoms with Crippen molar-refractivity contribution in [3.8, 4) is 6.07 Å². The van der Waals surface area contributed by atoms with Crippen LogP contribution in [0.2, 0.25) is 0 Å². The number of hydrogen-bond acceptors (Lipinski definition) is 3. The van der Waals surface area contributed by atoms with Crippen molar-refractivity contribution in [2.45, 2.75) is 13.5 Å². The van der Waals surface area contributed by atoms with E-state index in [-0.39, 0.29) is 0 Å². The lowest BCUT2D eigenvalue weighted by molar-refractivity contribution is 0.915. The Morgan fingerprint density at radius 1 is 1.25 bits per heavy atom. The first-order valence-corrected chi connectivity index (χ1v) is 7.06. The van der Waals surface area contributed by atoms with Crippen molar-refractivity contribution in [1.82, 2.24) is 0 Å². The Hall–Kier alpha value is -1.99. The van der Waals surface area contributed by atoms with E-state index in [1.807, 2.05) is 19.2 Å². The highest BCUT2D eigenvalue weighted by Gasteiger charge is 2.08. The van der Waals surface area contributed by atoms with Gasteiger partial charge < -0.3 is 10.6 Å². The van der Waals surface area contributed by atoms with E-state index >= 15 is 0 Å². The number of halogens is 1. The predicted octanol–water partition coefficient (Wildman–Crippen LogP) is 3.85. The topological polar surface area (TPSA) is 53.0 Å². The SMILES string of the molecule is Cc1ccc(Br)cc1CN(C)c1ccc(C#N)cc1N. The number of hydrogen-bond donors (Lipinski definition) is 1. The largest absolute Gasteiger partial charge is 0.397 e. The molecule has 102 valence electrons. The Bertz CT molecular complexity index is 674. The summed E-state index contributed by atoms with van der Waals surface area (Å²) in [5.74, 6) is 0. The van der Waals surface area contributed by atoms with Gasteiger partial charge in [-0.1, -0.05) is 22.0 Å². The number of nitrogens with zero attached hydrogens (tertiary/aromatic N) is 2. The first kappa shape index (κ1) is 14.4. The van der Waals surface area contributed by atoms with E-state index in [0.717, 1.165) is 16.7 Å². The molecule has 0 saturated heterocycles. The van der Waals surface area contributed by atoms with Crippen LogP contribution in [-0.4, -0.2) is 7.05 Å². The molecule has 4 heteroatoms. The van der Waals surface area contributed by atoms with Gasteiger partial charge in [0.15, 0.2) is 0 Å². The normalized spacial score (nSPS) is 10.1. The maximum atomic E-state index is 8.87. The number of benzene rings is 2. The third kappa shape index (κ3) is 3.12. The number of rotatable bonds is 3. The molecule has 0 aliphatic heterocycles. The van der Waals surface area contributed by atoms with Crippen molar-refractivity contribution < 1.29 is 0 Å². The van der Waals surface area contributed by atoms with Gasteiger partial charge in [-0.05, 0) is 48.4 Å². The lowest BCUT2D eigenvalue weighted by atomic mass is 10.1. The zero-order valence-electron chi connectivity index (χ0n) is 11.5. The summed E-state index contributed by atoms with van der Waals surface area (Å²) < 4.78 is 1.07. The van der Waals surface area contributed by atoms with Crippen LogP contribution in [0, 0.1) is 18.3 Å². The number of nitrogen functional groups attached to an aromatic ring is 1. The molecule has 20 heavy (non-hydrogen) atoms. The molecule has 0 atom stereocenters. The molecule has 0 heterocycles. The number of nitriles is 1. The van der Waals surface area contributed by atoms with Gasteiger partial charge in [0.05, 0.1) is 23.0 Å². The summed E-state index contributed by atoms with van der Waals surface area (Å²) >= 11 is 3.50. The summed E-state index contributed by atoms with van der Waals surface area (Å²) in [6.45, 7) is 2.86. The minimum absolute atomic E-state index is 0.582. The van der Waals surface area contributed by atoms with Gasteiger partial charge in [-0.15, -0.1) is 0 Å². The number of anilines is 2. The van der Waals surface area contributed by atoms with Crippen LogP contribution in [-0.2, 0) is 6.54 Å². The Morgan fingerprint density at radius 3 is 2.65 bits per heavy atom. The molecule has 2 aromatic rings. The van der Waals surface area contributed by atoms with Gasteiger partial charge in [0.2, 0.25) is 0 Å². The zero-order chi connectivity index (χ0) is 14.7. The summed E-state index contributed by atoms with van der Waals surface area (Å²) in [6, 6.07) is 13.7. The summed E-state index contributed by atoms with van der Waals surface area (Å²) in [4.78, 5) is 2.09. The van der Waals surface area contributed by atoms with Crippen molar-refractivity contribution >= 4 is 27.3 Å². The van der Waals surface area contributed by atoms with E-state index in [9.17, 15) is 0 Å². The van der Waals surface area contributed by atoms with E-state index in [2.05, 4.69) is 46.0 Å². The maximum absolute atomic E-state index is 8.87. The quantitative estimate of drug-likeness (QED) is 0.870. The van der Waals surface area contributed by atoms with Crippen LogP contribution in [0.15, 0.2) is 40.9 Å². The Balaban J connectivity index is 2.26. The van der Waals surface area contributed by atoms with E-state index in [1.165, 1.54) is 11.1 Å². The van der Waals surface area contributed by atoms with Gasteiger partial charge >= 0.3 is 0 Å². The fraction of sp³-hybridized carbons (Fsp3) is 0.188. The molecule has 0 unspecified atom stereocenters. The molecule has 0 saturated carbocycles. The average molecular weight is 330 g/mol. The van der Waals surface area contributed by atoms with Crippen LogP contribution in [0.4, 0.5) is 11.4 Å². The summed E-state index contributed by atoms with van der Waals surface area (Å²) in [7, 11) is 2.00. The van der Waals surface area contributed by atoms with Crippen LogP contribution in [0.25, 0.3) is 0 Å². The minimum Gasteiger partial charge on any atom is -0.397 e. The van der Waals surface area contributed by atoms with Crippen molar-refractivity contribution in [3.63, 3.8) is 0 Å². The summed E-state index contributed by atoms with van der Waals surface area (Å²) in [5.41, 5.74) is 10.6. The van der Waals surface area contributed by atoms with Crippen LogP contribution in [0.3, 0.4) is 0 Å². The summed E-state index contributed by atoms with van der Waals surface area (Å²) in [5, 5.41) is 8.87. The minimum atomic E-state index is 0.582. The van der Waals surface area contributed by atoms with Crippen molar-refractivity contribution in [3.05, 3.63) is 57.6 Å². The third-order valence-corrected chi connectivity index (χ3v) is 3.78. The molecule has 3 nitrogen and oxygen atoms in total. The molecular weight excluding hydrogens is 314 g/mol. The molecule has 0 spiro atoms. The zero-order valence-corrected chi connectivity index (χ0v) is 13.1. The highest BCUT2D eigenvalue weighted by molar-refractivity contribution is 9.10. The summed E-state index contributed by atoms with van der Waals surface area (Å²) in [6.07, 6.45) is 0. The standard InChI is InChI=1S/C16H16BrN3/c1-11-3-5-14(17)8-13(11)10-20(2)16-6-4-12(9-18)7-15(16)19/h3-8H,10,19H2,1-2H3. The van der Waals surface area contributed by atoms with Crippen LogP contribution in [0.5, 0.6) is 0 Å². The predicted molar refractivity (Wildman–Crippen MR) is 86.6 cm³/mol. The Morgan fingerprint density at radius 2 is 2.00 bits per heavy atom. The highest BCUT2D eigenvalue weighted by atomic mass is 79.9. The lowest BCUT2D eigenvalue weighted by Gasteiger charge is -2.22. The molecule has 0 aliphatic rings. The van der Waals surface area contributed by atoms with Crippen molar-refractivity contribution in [1.29, 1.82) is 5.26 Å². The average Bonchev–Trinajstić information content (AvgIpc) is 2.42. The molecule has 0 aromatic heterocycles. The number of aryl methyl sites for hydroxylation is 1. The molecule has 2 N–H and O–H groups in total. The molecule has 2 aromatic carbocycles. The smallest absolute Gasteiger partial charge is 0.0992 e. The van der Waals surface area contributed by atoms with E-state index in [0.29, 0.717) is 11.3 Å². The van der Waals surface area contributed by atoms with Gasteiger partial charge in [0.25, 0.3) is 0 Å². The van der Waals surface area contributed by atoms with E-state index in [4.69, 9.17) is 11.0 Å². The monoisotopic (exact) mass is 329 g/mol. The number of nitrogens with two attached hydrogens (primary N) is 1. The molecule has 0 radical (unpaired) electrons. The van der Waals surface area contributed by atoms with Gasteiger partial charge in [0.1, 0.15) is 0 Å². The van der Waals surface area contributed by atoms with Crippen molar-refractivity contribution in [2.75, 3.05) is 17.7 Å². The lowest BCUT2D eigenvalue weighted by Crippen LogP contribution is -2.18. The second kappa shape index (κ2) is 5.98. The van der Waals surface area contributed by atoms with E-state index in [1.54, 1.807) is 12.1 Å². The van der Waals surface area contributed by atoms with Gasteiger partial charge in [-0.25, -0.2) is 0 Å². The molecule has 0 aliphatic carbocycles. The molecule has 0 fully saturated rings. The van der Waals surface area contributed by atoms with Crippen LogP contribution in [0.1, 0.15) is 16.7 Å². The fourth-order valence-corrected chi connectivity index (χ4v) is 2.53. The van der Waals surface area contributed by atoms with E-state index < -0.39 is 0 Å². The first-order valence-electron chi connectivity index (χ1n) is 6.27. The molecular formula is C16H16BrN3. The fourth-order valence-electron chi connectivity index (χ4n) is 2.12. The highest BCUT2D eigenvalue weighted by Crippen LogP contribution is 2.26. The second-order valence-electron chi connectivity index (χ2n) is 4.81. The Kier molecular flexibility index (Phi) is 4.31.